The van der Waals surface area contributed by atoms with Crippen LogP contribution in [0.2, 0.25) is 10.0 Å². The molecule has 0 saturated heterocycles. The van der Waals surface area contributed by atoms with Crippen LogP contribution in [0.15, 0.2) is 47.6 Å². The minimum absolute atomic E-state index is 0.328. The standard InChI is InChI=1S/C18H14Cl2N2OS/c1-10-7-8-13-15(9-10)24-17(16(13)20)18(23)22-21-11(2)12-5-3-4-6-14(12)19/h3-9H,1-2H3,(H,22,23)/b21-11+. The zero-order valence-corrected chi connectivity index (χ0v) is 15.4. The molecular weight excluding hydrogens is 363 g/mol. The predicted molar refractivity (Wildman–Crippen MR) is 103 cm³/mol. The molecule has 0 spiro atoms. The normalized spacial score (nSPS) is 11.8. The monoisotopic (exact) mass is 376 g/mol. The fourth-order valence-electron chi connectivity index (χ4n) is 2.32. The van der Waals surface area contributed by atoms with Crippen LogP contribution in [-0.4, -0.2) is 11.6 Å². The molecule has 3 aromatic rings. The van der Waals surface area contributed by atoms with E-state index in [0.717, 1.165) is 21.2 Å². The van der Waals surface area contributed by atoms with Gasteiger partial charge >= 0.3 is 0 Å². The molecule has 0 aliphatic rings. The van der Waals surface area contributed by atoms with Crippen LogP contribution in [0.3, 0.4) is 0 Å². The molecule has 0 fully saturated rings. The topological polar surface area (TPSA) is 41.5 Å². The minimum Gasteiger partial charge on any atom is -0.266 e. The number of carbonyl (C=O) groups is 1. The molecule has 1 heterocycles. The summed E-state index contributed by atoms with van der Waals surface area (Å²) in [6, 6.07) is 13.3. The highest BCUT2D eigenvalue weighted by atomic mass is 35.5. The van der Waals surface area contributed by atoms with Gasteiger partial charge in [0.2, 0.25) is 0 Å². The maximum absolute atomic E-state index is 12.4. The van der Waals surface area contributed by atoms with E-state index in [2.05, 4.69) is 10.5 Å². The zero-order chi connectivity index (χ0) is 17.3. The summed E-state index contributed by atoms with van der Waals surface area (Å²) in [4.78, 5) is 12.9. The van der Waals surface area contributed by atoms with Crippen molar-refractivity contribution in [2.24, 2.45) is 5.10 Å². The number of carbonyl (C=O) groups excluding carboxylic acids is 1. The summed E-state index contributed by atoms with van der Waals surface area (Å²) in [7, 11) is 0. The Balaban J connectivity index is 1.86. The number of hydrogen-bond donors (Lipinski definition) is 1. The Kier molecular flexibility index (Phi) is 4.90. The summed E-state index contributed by atoms with van der Waals surface area (Å²) >= 11 is 13.8. The first kappa shape index (κ1) is 17.0. The Morgan fingerprint density at radius 3 is 2.67 bits per heavy atom. The van der Waals surface area contributed by atoms with E-state index in [1.54, 1.807) is 13.0 Å². The van der Waals surface area contributed by atoms with Crippen molar-refractivity contribution in [1.82, 2.24) is 5.43 Å². The Labute approximate surface area is 153 Å². The molecular formula is C18H14Cl2N2OS. The van der Waals surface area contributed by atoms with E-state index < -0.39 is 0 Å². The van der Waals surface area contributed by atoms with Crippen molar-refractivity contribution in [2.45, 2.75) is 13.8 Å². The second-order valence-electron chi connectivity index (χ2n) is 5.36. The van der Waals surface area contributed by atoms with Gasteiger partial charge in [-0.3, -0.25) is 4.79 Å². The van der Waals surface area contributed by atoms with Crippen LogP contribution in [0.1, 0.15) is 27.7 Å². The number of rotatable bonds is 3. The number of nitrogens with one attached hydrogen (secondary N) is 1. The van der Waals surface area contributed by atoms with Crippen LogP contribution in [0.25, 0.3) is 10.1 Å². The van der Waals surface area contributed by atoms with Crippen LogP contribution >= 0.6 is 34.5 Å². The molecule has 2 aromatic carbocycles. The molecule has 3 rings (SSSR count). The van der Waals surface area contributed by atoms with Crippen molar-refractivity contribution < 1.29 is 4.79 Å². The summed E-state index contributed by atoms with van der Waals surface area (Å²) in [6.07, 6.45) is 0. The van der Waals surface area contributed by atoms with Crippen molar-refractivity contribution in [3.05, 3.63) is 68.5 Å². The first-order chi connectivity index (χ1) is 11.5. The average molecular weight is 377 g/mol. The van der Waals surface area contributed by atoms with Gasteiger partial charge in [0.15, 0.2) is 0 Å². The lowest BCUT2D eigenvalue weighted by molar-refractivity contribution is 0.0959. The van der Waals surface area contributed by atoms with Gasteiger partial charge in [0.1, 0.15) is 4.88 Å². The zero-order valence-electron chi connectivity index (χ0n) is 13.1. The molecule has 0 saturated carbocycles. The number of amides is 1. The fraction of sp³-hybridized carbons (Fsp3) is 0.111. The fourth-order valence-corrected chi connectivity index (χ4v) is 4.10. The summed E-state index contributed by atoms with van der Waals surface area (Å²) < 4.78 is 0.983. The third kappa shape index (κ3) is 3.31. The Hall–Kier alpha value is -1.88. The number of aryl methyl sites for hydroxylation is 1. The summed E-state index contributed by atoms with van der Waals surface area (Å²) in [6.45, 7) is 3.79. The summed E-state index contributed by atoms with van der Waals surface area (Å²) in [5, 5.41) is 6.06. The van der Waals surface area contributed by atoms with Crippen molar-refractivity contribution in [3.63, 3.8) is 0 Å². The van der Waals surface area contributed by atoms with E-state index >= 15 is 0 Å². The van der Waals surface area contributed by atoms with Gasteiger partial charge < -0.3 is 0 Å². The molecule has 0 bridgehead atoms. The Morgan fingerprint density at radius 2 is 1.92 bits per heavy atom. The second kappa shape index (κ2) is 6.93. The van der Waals surface area contributed by atoms with Crippen LogP contribution in [-0.2, 0) is 0 Å². The maximum Gasteiger partial charge on any atom is 0.283 e. The van der Waals surface area contributed by atoms with E-state index in [-0.39, 0.29) is 5.91 Å². The summed E-state index contributed by atoms with van der Waals surface area (Å²) in [5.41, 5.74) is 5.08. The van der Waals surface area contributed by atoms with Crippen LogP contribution < -0.4 is 5.43 Å². The molecule has 0 aliphatic carbocycles. The van der Waals surface area contributed by atoms with Crippen molar-refractivity contribution in [2.75, 3.05) is 0 Å². The number of benzene rings is 2. The van der Waals surface area contributed by atoms with Gasteiger partial charge in [-0.1, -0.05) is 53.5 Å². The number of nitrogens with zero attached hydrogens (tertiary/aromatic N) is 1. The lowest BCUT2D eigenvalue weighted by Gasteiger charge is -2.04. The number of hydrazone groups is 1. The molecule has 24 heavy (non-hydrogen) atoms. The molecule has 122 valence electrons. The first-order valence-corrected chi connectivity index (χ1v) is 8.83. The molecule has 0 aliphatic heterocycles. The second-order valence-corrected chi connectivity index (χ2v) is 7.20. The molecule has 1 aromatic heterocycles. The SMILES string of the molecule is C/C(=N\NC(=O)c1sc2cc(C)ccc2c1Cl)c1ccccc1Cl. The van der Waals surface area contributed by atoms with Crippen molar-refractivity contribution in [1.29, 1.82) is 0 Å². The molecule has 3 nitrogen and oxygen atoms in total. The van der Waals surface area contributed by atoms with E-state index in [0.29, 0.717) is 20.6 Å². The lowest BCUT2D eigenvalue weighted by Crippen LogP contribution is -2.18. The van der Waals surface area contributed by atoms with Gasteiger partial charge in [-0.2, -0.15) is 5.10 Å². The molecule has 1 amide bonds. The van der Waals surface area contributed by atoms with Crippen LogP contribution in [0, 0.1) is 6.92 Å². The molecule has 0 radical (unpaired) electrons. The third-order valence-corrected chi connectivity index (χ3v) is 5.57. The van der Waals surface area contributed by atoms with E-state index in [4.69, 9.17) is 23.2 Å². The number of halogens is 2. The van der Waals surface area contributed by atoms with Crippen LogP contribution in [0.4, 0.5) is 0 Å². The number of hydrogen-bond acceptors (Lipinski definition) is 3. The predicted octanol–water partition coefficient (Wildman–Crippen LogP) is 5.67. The Morgan fingerprint density at radius 1 is 1.17 bits per heavy atom. The van der Waals surface area contributed by atoms with E-state index in [1.807, 2.05) is 43.3 Å². The average Bonchev–Trinajstić information content (AvgIpc) is 2.89. The highest BCUT2D eigenvalue weighted by Crippen LogP contribution is 2.35. The van der Waals surface area contributed by atoms with Gasteiger partial charge in [0, 0.05) is 20.7 Å². The van der Waals surface area contributed by atoms with Gasteiger partial charge in [-0.25, -0.2) is 5.43 Å². The number of fused-ring (bicyclic) bond motifs is 1. The molecule has 1 N–H and O–H groups in total. The van der Waals surface area contributed by atoms with Crippen molar-refractivity contribution >= 4 is 56.2 Å². The Bertz CT molecular complexity index is 963. The summed E-state index contributed by atoms with van der Waals surface area (Å²) in [5.74, 6) is -0.328. The highest BCUT2D eigenvalue weighted by Gasteiger charge is 2.17. The first-order valence-electron chi connectivity index (χ1n) is 7.25. The highest BCUT2D eigenvalue weighted by molar-refractivity contribution is 7.21. The molecule has 6 heteroatoms. The lowest BCUT2D eigenvalue weighted by atomic mass is 10.1. The third-order valence-electron chi connectivity index (χ3n) is 3.58. The van der Waals surface area contributed by atoms with E-state index in [1.165, 1.54) is 11.3 Å². The maximum atomic E-state index is 12.4. The number of thiophene rings is 1. The van der Waals surface area contributed by atoms with Gasteiger partial charge in [-0.05, 0) is 31.5 Å². The van der Waals surface area contributed by atoms with Gasteiger partial charge in [-0.15, -0.1) is 11.3 Å². The van der Waals surface area contributed by atoms with Crippen molar-refractivity contribution in [3.8, 4) is 0 Å². The van der Waals surface area contributed by atoms with E-state index in [9.17, 15) is 4.79 Å². The minimum atomic E-state index is -0.328. The van der Waals surface area contributed by atoms with Gasteiger partial charge in [0.05, 0.1) is 10.7 Å². The molecule has 0 atom stereocenters. The quantitative estimate of drug-likeness (QED) is 0.464. The van der Waals surface area contributed by atoms with Gasteiger partial charge in [0.25, 0.3) is 5.91 Å². The molecule has 0 unspecified atom stereocenters. The van der Waals surface area contributed by atoms with Crippen LogP contribution in [0.5, 0.6) is 0 Å². The largest absolute Gasteiger partial charge is 0.283 e. The smallest absolute Gasteiger partial charge is 0.266 e.